The van der Waals surface area contributed by atoms with E-state index in [1.165, 1.54) is 0 Å². The van der Waals surface area contributed by atoms with Gasteiger partial charge in [-0.05, 0) is 12.1 Å². The highest BCUT2D eigenvalue weighted by Crippen LogP contribution is 2.19. The van der Waals surface area contributed by atoms with Gasteiger partial charge in [0, 0.05) is 17.8 Å². The summed E-state index contributed by atoms with van der Waals surface area (Å²) in [6, 6.07) is 4.71. The van der Waals surface area contributed by atoms with Gasteiger partial charge in [-0.15, -0.1) is 0 Å². The number of H-pyrrole nitrogens is 1. The van der Waals surface area contributed by atoms with Gasteiger partial charge >= 0.3 is 0 Å². The molecule has 2 heterocycles. The van der Waals surface area contributed by atoms with Crippen LogP contribution in [-0.2, 0) is 0 Å². The van der Waals surface area contributed by atoms with Crippen molar-refractivity contribution in [2.24, 2.45) is 0 Å². The van der Waals surface area contributed by atoms with Crippen LogP contribution in [0.15, 0.2) is 18.5 Å². The van der Waals surface area contributed by atoms with E-state index in [0.29, 0.717) is 5.02 Å². The van der Waals surface area contributed by atoms with Crippen molar-refractivity contribution < 1.29 is 0 Å². The Morgan fingerprint density at radius 1 is 1.60 bits per heavy atom. The van der Waals surface area contributed by atoms with Gasteiger partial charge in [0.1, 0.15) is 5.65 Å². The molecule has 1 N–H and O–H groups in total. The normalized spacial score (nSPS) is 10.5. The topological polar surface area (TPSA) is 28.7 Å². The minimum absolute atomic E-state index is 0.670. The van der Waals surface area contributed by atoms with Crippen LogP contribution < -0.4 is 0 Å². The fourth-order valence-electron chi connectivity index (χ4n) is 0.861. The first-order chi connectivity index (χ1) is 4.88. The highest BCUT2D eigenvalue weighted by molar-refractivity contribution is 6.35. The SMILES string of the molecule is Clc1c[nH]c2ncc[c]c12. The summed E-state index contributed by atoms with van der Waals surface area (Å²) in [5.74, 6) is 0. The standard InChI is InChI=1S/C7H4ClN2/c8-6-4-10-7-5(6)2-1-3-9-7/h1,3-4H,(H,9,10). The number of fused-ring (bicyclic) bond motifs is 1. The number of pyridine rings is 1. The zero-order chi connectivity index (χ0) is 6.97. The summed E-state index contributed by atoms with van der Waals surface area (Å²) in [7, 11) is 0. The van der Waals surface area contributed by atoms with Crippen molar-refractivity contribution in [2.75, 3.05) is 0 Å². The lowest BCUT2D eigenvalue weighted by Crippen LogP contribution is -1.71. The van der Waals surface area contributed by atoms with E-state index >= 15 is 0 Å². The second-order valence-electron chi connectivity index (χ2n) is 1.95. The number of halogens is 1. The predicted molar refractivity (Wildman–Crippen MR) is 39.9 cm³/mol. The van der Waals surface area contributed by atoms with Gasteiger partial charge in [0.25, 0.3) is 0 Å². The van der Waals surface area contributed by atoms with E-state index in [0.717, 1.165) is 11.0 Å². The summed E-state index contributed by atoms with van der Waals surface area (Å²) in [5, 5.41) is 1.52. The largest absolute Gasteiger partial charge is 0.345 e. The molecule has 2 aromatic rings. The molecule has 0 unspecified atom stereocenters. The quantitative estimate of drug-likeness (QED) is 0.613. The third kappa shape index (κ3) is 0.693. The van der Waals surface area contributed by atoms with E-state index in [1.54, 1.807) is 18.5 Å². The Hall–Kier alpha value is -1.02. The Balaban J connectivity index is 2.93. The molecule has 1 radical (unpaired) electrons. The molecule has 0 aliphatic carbocycles. The smallest absolute Gasteiger partial charge is 0.139 e. The highest BCUT2D eigenvalue weighted by atomic mass is 35.5. The molecule has 3 heteroatoms. The summed E-state index contributed by atoms with van der Waals surface area (Å²) in [4.78, 5) is 6.94. The molecule has 0 atom stereocenters. The minimum Gasteiger partial charge on any atom is -0.345 e. The molecule has 0 aliphatic rings. The summed E-state index contributed by atoms with van der Waals surface area (Å²) in [5.41, 5.74) is 0.785. The number of aromatic amines is 1. The van der Waals surface area contributed by atoms with Crippen LogP contribution in [0.1, 0.15) is 0 Å². The number of hydrogen-bond acceptors (Lipinski definition) is 1. The Kier molecular flexibility index (Phi) is 1.14. The van der Waals surface area contributed by atoms with Gasteiger partial charge in [-0.1, -0.05) is 11.6 Å². The van der Waals surface area contributed by atoms with Crippen molar-refractivity contribution in [3.05, 3.63) is 29.5 Å². The van der Waals surface area contributed by atoms with Crippen molar-refractivity contribution >= 4 is 22.6 Å². The molecule has 0 aliphatic heterocycles. The molecule has 0 aromatic carbocycles. The zero-order valence-electron chi connectivity index (χ0n) is 5.06. The van der Waals surface area contributed by atoms with E-state index < -0.39 is 0 Å². The van der Waals surface area contributed by atoms with Crippen LogP contribution in [-0.4, -0.2) is 9.97 Å². The van der Waals surface area contributed by atoms with Crippen molar-refractivity contribution in [3.8, 4) is 0 Å². The Bertz CT molecular complexity index is 353. The first-order valence-electron chi connectivity index (χ1n) is 2.87. The number of rotatable bonds is 0. The molecule has 2 rings (SSSR count). The fourth-order valence-corrected chi connectivity index (χ4v) is 1.06. The Morgan fingerprint density at radius 3 is 3.30 bits per heavy atom. The van der Waals surface area contributed by atoms with Crippen molar-refractivity contribution in [2.45, 2.75) is 0 Å². The molecule has 0 fully saturated rings. The molecular formula is C7H4ClN2. The Labute approximate surface area is 62.8 Å². The average molecular weight is 152 g/mol. The molecule has 0 spiro atoms. The van der Waals surface area contributed by atoms with Gasteiger partial charge in [-0.3, -0.25) is 0 Å². The Morgan fingerprint density at radius 2 is 2.50 bits per heavy atom. The van der Waals surface area contributed by atoms with Gasteiger partial charge in [0.05, 0.1) is 5.02 Å². The van der Waals surface area contributed by atoms with E-state index in [9.17, 15) is 0 Å². The van der Waals surface area contributed by atoms with Crippen LogP contribution in [0.25, 0.3) is 11.0 Å². The monoisotopic (exact) mass is 151 g/mol. The van der Waals surface area contributed by atoms with E-state index in [-0.39, 0.29) is 0 Å². The van der Waals surface area contributed by atoms with Gasteiger partial charge in [-0.25, -0.2) is 4.98 Å². The van der Waals surface area contributed by atoms with E-state index in [1.807, 2.05) is 0 Å². The molecule has 10 heavy (non-hydrogen) atoms. The molecular weight excluding hydrogens is 148 g/mol. The van der Waals surface area contributed by atoms with Crippen molar-refractivity contribution in [1.82, 2.24) is 9.97 Å². The van der Waals surface area contributed by atoms with Crippen molar-refractivity contribution in [1.29, 1.82) is 0 Å². The maximum atomic E-state index is 5.77. The lowest BCUT2D eigenvalue weighted by molar-refractivity contribution is 1.32. The van der Waals surface area contributed by atoms with Gasteiger partial charge in [0.15, 0.2) is 0 Å². The minimum atomic E-state index is 0.670. The number of aromatic nitrogens is 2. The zero-order valence-corrected chi connectivity index (χ0v) is 5.81. The molecule has 0 bridgehead atoms. The summed E-state index contributed by atoms with van der Waals surface area (Å²) < 4.78 is 0. The molecule has 2 nitrogen and oxygen atoms in total. The number of hydrogen-bond donors (Lipinski definition) is 1. The summed E-state index contributed by atoms with van der Waals surface area (Å²) in [6.07, 6.45) is 3.38. The average Bonchev–Trinajstić information content (AvgIpc) is 2.34. The number of nitrogens with zero attached hydrogens (tertiary/aromatic N) is 1. The second kappa shape index (κ2) is 1.99. The van der Waals surface area contributed by atoms with E-state index in [2.05, 4.69) is 16.0 Å². The third-order valence-electron chi connectivity index (χ3n) is 1.32. The van der Waals surface area contributed by atoms with Gasteiger partial charge in [0.2, 0.25) is 0 Å². The van der Waals surface area contributed by atoms with Gasteiger partial charge < -0.3 is 4.98 Å². The molecule has 2 aromatic heterocycles. The first kappa shape index (κ1) is 5.74. The second-order valence-corrected chi connectivity index (χ2v) is 2.36. The van der Waals surface area contributed by atoms with Crippen LogP contribution in [0.2, 0.25) is 5.02 Å². The predicted octanol–water partition coefficient (Wildman–Crippen LogP) is 2.02. The number of nitrogens with one attached hydrogen (secondary N) is 1. The highest BCUT2D eigenvalue weighted by Gasteiger charge is 1.98. The lowest BCUT2D eigenvalue weighted by Gasteiger charge is -1.83. The first-order valence-corrected chi connectivity index (χ1v) is 3.25. The maximum Gasteiger partial charge on any atom is 0.139 e. The van der Waals surface area contributed by atoms with Crippen LogP contribution >= 0.6 is 11.6 Å². The molecule has 49 valence electrons. The summed E-state index contributed by atoms with van der Waals surface area (Å²) >= 11 is 5.77. The van der Waals surface area contributed by atoms with Crippen molar-refractivity contribution in [3.63, 3.8) is 0 Å². The third-order valence-corrected chi connectivity index (χ3v) is 1.62. The van der Waals surface area contributed by atoms with Crippen LogP contribution in [0.3, 0.4) is 0 Å². The lowest BCUT2D eigenvalue weighted by atomic mass is 10.3. The van der Waals surface area contributed by atoms with Crippen LogP contribution in [0.5, 0.6) is 0 Å². The molecule has 0 saturated carbocycles. The molecule has 0 amide bonds. The van der Waals surface area contributed by atoms with E-state index in [4.69, 9.17) is 11.6 Å². The molecule has 0 saturated heterocycles. The van der Waals surface area contributed by atoms with Crippen LogP contribution in [0.4, 0.5) is 0 Å². The van der Waals surface area contributed by atoms with Crippen LogP contribution in [0, 0.1) is 6.07 Å². The van der Waals surface area contributed by atoms with Gasteiger partial charge in [-0.2, -0.15) is 0 Å². The summed E-state index contributed by atoms with van der Waals surface area (Å²) in [6.45, 7) is 0. The maximum absolute atomic E-state index is 5.77. The fraction of sp³-hybridized carbons (Fsp3) is 0.